The van der Waals surface area contributed by atoms with Crippen LogP contribution in [0.5, 0.6) is 5.75 Å². The summed E-state index contributed by atoms with van der Waals surface area (Å²) in [5.74, 6) is 0.0108. The van der Waals surface area contributed by atoms with E-state index in [2.05, 4.69) is 4.98 Å². The molecule has 0 saturated carbocycles. The molecule has 1 aromatic heterocycles. The molecule has 4 nitrogen and oxygen atoms in total. The van der Waals surface area contributed by atoms with Gasteiger partial charge in [-0.25, -0.2) is 0 Å². The van der Waals surface area contributed by atoms with Crippen LogP contribution in [0.1, 0.15) is 18.0 Å². The second kappa shape index (κ2) is 3.75. The number of aromatic nitrogens is 1. The third-order valence-corrected chi connectivity index (χ3v) is 2.29. The topological polar surface area (TPSA) is 59.4 Å². The fraction of sp³-hybridized carbons (Fsp3) is 0.400. The van der Waals surface area contributed by atoms with E-state index in [9.17, 15) is 4.79 Å². The number of carbonyl (C=O) groups is 1. The molecule has 1 N–H and O–H groups in total. The smallest absolute Gasteiger partial charge is 0.146 e. The molecular weight excluding hydrogens is 182 g/mol. The molecule has 0 radical (unpaired) electrons. The minimum Gasteiger partial charge on any atom is -0.506 e. The first-order valence-electron chi connectivity index (χ1n) is 4.53. The van der Waals surface area contributed by atoms with Crippen molar-refractivity contribution in [3.8, 4) is 5.75 Å². The van der Waals surface area contributed by atoms with Crippen molar-refractivity contribution in [2.45, 2.75) is 12.3 Å². The lowest BCUT2D eigenvalue weighted by molar-refractivity contribution is -0.126. The van der Waals surface area contributed by atoms with Crippen molar-refractivity contribution in [3.05, 3.63) is 24.0 Å². The Bertz CT molecular complexity index is 334. The second-order valence-electron chi connectivity index (χ2n) is 3.29. The van der Waals surface area contributed by atoms with E-state index in [1.165, 1.54) is 12.3 Å². The van der Waals surface area contributed by atoms with Gasteiger partial charge in [-0.05, 0) is 12.1 Å². The minimum atomic E-state index is -0.260. The minimum absolute atomic E-state index is 0.109. The van der Waals surface area contributed by atoms with Crippen LogP contribution in [0.2, 0.25) is 0 Å². The zero-order valence-corrected chi connectivity index (χ0v) is 7.64. The van der Waals surface area contributed by atoms with Crippen LogP contribution >= 0.6 is 0 Å². The molecule has 1 unspecified atom stereocenters. The van der Waals surface area contributed by atoms with Crippen LogP contribution in [0, 0.1) is 0 Å². The number of carbonyl (C=O) groups excluding carboxylic acids is 1. The molecule has 0 aliphatic carbocycles. The number of rotatable bonds is 1. The molecule has 2 rings (SSSR count). The highest BCUT2D eigenvalue weighted by atomic mass is 16.5. The van der Waals surface area contributed by atoms with Crippen LogP contribution in [-0.2, 0) is 9.53 Å². The van der Waals surface area contributed by atoms with Gasteiger partial charge in [-0.15, -0.1) is 0 Å². The van der Waals surface area contributed by atoms with Crippen LogP contribution in [0.25, 0.3) is 0 Å². The summed E-state index contributed by atoms with van der Waals surface area (Å²) in [6.45, 7) is 0.907. The highest BCUT2D eigenvalue weighted by Gasteiger charge is 2.25. The number of ketones is 1. The molecular formula is C10H11NO3. The van der Waals surface area contributed by atoms with E-state index in [-0.39, 0.29) is 17.5 Å². The second-order valence-corrected chi connectivity index (χ2v) is 3.29. The maximum atomic E-state index is 11.5. The van der Waals surface area contributed by atoms with Gasteiger partial charge in [0.2, 0.25) is 0 Å². The molecule has 1 aromatic rings. The van der Waals surface area contributed by atoms with Crippen molar-refractivity contribution < 1.29 is 14.6 Å². The van der Waals surface area contributed by atoms with Gasteiger partial charge in [-0.3, -0.25) is 9.78 Å². The average Bonchev–Trinajstić information content (AvgIpc) is 2.20. The van der Waals surface area contributed by atoms with Crippen molar-refractivity contribution >= 4 is 5.78 Å². The van der Waals surface area contributed by atoms with Crippen LogP contribution in [-0.4, -0.2) is 29.1 Å². The van der Waals surface area contributed by atoms with Crippen molar-refractivity contribution in [2.24, 2.45) is 0 Å². The van der Waals surface area contributed by atoms with Crippen molar-refractivity contribution in [2.75, 3.05) is 13.2 Å². The van der Waals surface area contributed by atoms with E-state index in [0.717, 1.165) is 0 Å². The predicted molar refractivity (Wildman–Crippen MR) is 49.1 cm³/mol. The third-order valence-electron chi connectivity index (χ3n) is 2.29. The molecule has 14 heavy (non-hydrogen) atoms. The Hall–Kier alpha value is -1.42. The highest BCUT2D eigenvalue weighted by molar-refractivity contribution is 5.86. The quantitative estimate of drug-likeness (QED) is 0.718. The summed E-state index contributed by atoms with van der Waals surface area (Å²) in [4.78, 5) is 15.5. The predicted octanol–water partition coefficient (Wildman–Crippen LogP) is 0.860. The van der Waals surface area contributed by atoms with Crippen LogP contribution in [0.4, 0.5) is 0 Å². The van der Waals surface area contributed by atoms with Gasteiger partial charge in [0.25, 0.3) is 0 Å². The van der Waals surface area contributed by atoms with Gasteiger partial charge >= 0.3 is 0 Å². The van der Waals surface area contributed by atoms with Gasteiger partial charge in [0.1, 0.15) is 11.5 Å². The Morgan fingerprint density at radius 3 is 3.00 bits per heavy atom. The van der Waals surface area contributed by atoms with Crippen LogP contribution < -0.4 is 0 Å². The number of hydrogen-bond acceptors (Lipinski definition) is 4. The van der Waals surface area contributed by atoms with Gasteiger partial charge in [0, 0.05) is 6.42 Å². The van der Waals surface area contributed by atoms with Crippen molar-refractivity contribution in [3.63, 3.8) is 0 Å². The van der Waals surface area contributed by atoms with E-state index in [1.54, 1.807) is 6.07 Å². The first kappa shape index (κ1) is 9.15. The van der Waals surface area contributed by atoms with Gasteiger partial charge in [-0.1, -0.05) is 0 Å². The van der Waals surface area contributed by atoms with Gasteiger partial charge in [-0.2, -0.15) is 0 Å². The lowest BCUT2D eigenvalue weighted by Crippen LogP contribution is -2.26. The van der Waals surface area contributed by atoms with E-state index in [1.807, 2.05) is 0 Å². The number of aromatic hydroxyl groups is 1. The Labute approximate surface area is 81.5 Å². The highest BCUT2D eigenvalue weighted by Crippen LogP contribution is 2.21. The number of ether oxygens (including phenoxy) is 1. The van der Waals surface area contributed by atoms with Crippen LogP contribution in [0.3, 0.4) is 0 Å². The zero-order valence-electron chi connectivity index (χ0n) is 7.64. The summed E-state index contributed by atoms with van der Waals surface area (Å²) < 4.78 is 5.21. The molecule has 2 heterocycles. The molecule has 0 amide bonds. The largest absolute Gasteiger partial charge is 0.506 e. The van der Waals surface area contributed by atoms with Gasteiger partial charge < -0.3 is 9.84 Å². The number of nitrogens with zero attached hydrogens (tertiary/aromatic N) is 1. The number of Topliss-reactive ketones (excluding diaryl/α,β-unsaturated/α-hetero) is 1. The lowest BCUT2D eigenvalue weighted by atomic mass is 9.96. The van der Waals surface area contributed by atoms with Gasteiger partial charge in [0.15, 0.2) is 0 Å². The lowest BCUT2D eigenvalue weighted by Gasteiger charge is -2.20. The average molecular weight is 193 g/mol. The zero-order chi connectivity index (χ0) is 9.97. The molecule has 74 valence electrons. The maximum absolute atomic E-state index is 11.5. The molecule has 1 fully saturated rings. The number of hydrogen-bond donors (Lipinski definition) is 1. The molecule has 0 spiro atoms. The first-order valence-corrected chi connectivity index (χ1v) is 4.53. The molecule has 1 atom stereocenters. The molecule has 0 aromatic carbocycles. The molecule has 1 aliphatic rings. The summed E-state index contributed by atoms with van der Waals surface area (Å²) in [5.41, 5.74) is 0.674. The van der Waals surface area contributed by atoms with E-state index in [0.29, 0.717) is 25.3 Å². The Kier molecular flexibility index (Phi) is 2.45. The summed E-state index contributed by atoms with van der Waals surface area (Å²) >= 11 is 0. The molecule has 1 aliphatic heterocycles. The SMILES string of the molecule is O=C1CCOCC1c1ccc(O)cn1. The summed E-state index contributed by atoms with van der Waals surface area (Å²) in [6, 6.07) is 3.19. The normalized spacial score (nSPS) is 22.3. The fourth-order valence-electron chi connectivity index (χ4n) is 1.50. The summed E-state index contributed by atoms with van der Waals surface area (Å²) in [5, 5.41) is 9.04. The van der Waals surface area contributed by atoms with E-state index >= 15 is 0 Å². The van der Waals surface area contributed by atoms with E-state index < -0.39 is 0 Å². The standard InChI is InChI=1S/C10H11NO3/c12-7-1-2-9(11-5-7)8-6-14-4-3-10(8)13/h1-2,5,8,12H,3-4,6H2. The Morgan fingerprint density at radius 1 is 1.50 bits per heavy atom. The molecule has 1 saturated heterocycles. The Morgan fingerprint density at radius 2 is 2.36 bits per heavy atom. The van der Waals surface area contributed by atoms with Crippen molar-refractivity contribution in [1.29, 1.82) is 0 Å². The number of pyridine rings is 1. The summed E-state index contributed by atoms with van der Waals surface area (Å²) in [6.07, 6.45) is 1.80. The fourth-order valence-corrected chi connectivity index (χ4v) is 1.50. The first-order chi connectivity index (χ1) is 6.77. The van der Waals surface area contributed by atoms with Crippen LogP contribution in [0.15, 0.2) is 18.3 Å². The summed E-state index contributed by atoms with van der Waals surface area (Å²) in [7, 11) is 0. The molecule has 0 bridgehead atoms. The molecule has 4 heteroatoms. The maximum Gasteiger partial charge on any atom is 0.146 e. The monoisotopic (exact) mass is 193 g/mol. The van der Waals surface area contributed by atoms with E-state index in [4.69, 9.17) is 9.84 Å². The van der Waals surface area contributed by atoms with Crippen molar-refractivity contribution in [1.82, 2.24) is 4.98 Å². The third kappa shape index (κ3) is 1.75. The Balaban J connectivity index is 2.20. The van der Waals surface area contributed by atoms with Gasteiger partial charge in [0.05, 0.1) is 31.0 Å².